The largest absolute Gasteiger partial charge is 1.00 e. The Morgan fingerprint density at radius 3 is 2.47 bits per heavy atom. The Kier molecular flexibility index (Phi) is 14.4. The average Bonchev–Trinajstić information content (AvgIpc) is 2.68. The number of carbonyl (C=O) groups is 2. The van der Waals surface area contributed by atoms with Crippen molar-refractivity contribution in [2.24, 2.45) is 5.92 Å². The fraction of sp³-hybridized carbons (Fsp3) is 0.583. The van der Waals surface area contributed by atoms with Gasteiger partial charge in [0.05, 0.1) is 28.3 Å². The Bertz CT molecular complexity index is 730. The number of likely N-dealkylation sites (N-methyl/N-ethyl adjacent to an activating group) is 1. The average molecular weight is 471 g/mol. The minimum Gasteiger partial charge on any atom is -1.00 e. The van der Waals surface area contributed by atoms with Gasteiger partial charge in [0.15, 0.2) is 11.5 Å². The van der Waals surface area contributed by atoms with Crippen LogP contribution in [0.5, 0.6) is 11.5 Å². The fourth-order valence-corrected chi connectivity index (χ4v) is 2.63. The molecule has 1 rings (SSSR count). The number of carbonyl (C=O) groups excluding carboxylic acids is 2. The first kappa shape index (κ1) is 29.8. The summed E-state index contributed by atoms with van der Waals surface area (Å²) in [5.74, 6) is 1.28. The number of allylic oxidation sites excluding steroid dienone is 2. The van der Waals surface area contributed by atoms with Crippen LogP contribution in [0.25, 0.3) is 0 Å². The molecule has 1 N–H and O–H groups in total. The van der Waals surface area contributed by atoms with Crippen molar-refractivity contribution >= 4 is 12.1 Å². The number of methoxy groups -OCH3 is 1. The molecule has 0 heterocycles. The van der Waals surface area contributed by atoms with E-state index in [2.05, 4.69) is 31.3 Å². The molecule has 0 bridgehead atoms. The molecular weight excluding hydrogens is 432 g/mol. The predicted octanol–water partition coefficient (Wildman–Crippen LogP) is 1.31. The molecule has 1 aromatic carbocycles. The van der Waals surface area contributed by atoms with Gasteiger partial charge in [-0.3, -0.25) is 4.79 Å². The number of nitrogens with one attached hydrogen (secondary N) is 1. The molecule has 1 aromatic rings. The number of rotatable bonds is 13. The summed E-state index contributed by atoms with van der Waals surface area (Å²) in [5, 5.41) is 2.91. The molecule has 0 unspecified atom stereocenters. The molecule has 0 aliphatic rings. The first-order chi connectivity index (χ1) is 14.6. The molecule has 0 saturated carbocycles. The number of nitrogens with zero attached hydrogens (tertiary/aromatic N) is 1. The number of unbranched alkanes of at least 4 members (excludes halogenated alkanes) is 2. The van der Waals surface area contributed by atoms with E-state index in [4.69, 9.17) is 14.2 Å². The Labute approximate surface area is 199 Å². The first-order valence-corrected chi connectivity index (χ1v) is 10.9. The maximum absolute atomic E-state index is 12.0. The summed E-state index contributed by atoms with van der Waals surface area (Å²) in [6.07, 6.45) is 6.97. The molecule has 0 atom stereocenters. The molecule has 8 heteroatoms. The Balaban J connectivity index is 0.00000961. The topological polar surface area (TPSA) is 73.9 Å². The minimum atomic E-state index is -0.768. The van der Waals surface area contributed by atoms with E-state index < -0.39 is 6.16 Å². The van der Waals surface area contributed by atoms with Crippen molar-refractivity contribution in [2.45, 2.75) is 46.1 Å². The van der Waals surface area contributed by atoms with Crippen LogP contribution in [0, 0.1) is 5.92 Å². The van der Waals surface area contributed by atoms with E-state index in [0.717, 1.165) is 24.8 Å². The summed E-state index contributed by atoms with van der Waals surface area (Å²) in [5.41, 5.74) is 0.857. The van der Waals surface area contributed by atoms with Gasteiger partial charge in [-0.15, -0.1) is 0 Å². The summed E-state index contributed by atoms with van der Waals surface area (Å²) in [4.78, 5) is 23.9. The van der Waals surface area contributed by atoms with Gasteiger partial charge in [-0.05, 0) is 42.9 Å². The van der Waals surface area contributed by atoms with E-state index in [1.54, 1.807) is 18.2 Å². The number of halogens is 1. The van der Waals surface area contributed by atoms with Gasteiger partial charge in [-0.1, -0.05) is 32.1 Å². The van der Waals surface area contributed by atoms with E-state index in [1.165, 1.54) is 7.11 Å². The van der Waals surface area contributed by atoms with Crippen LogP contribution in [0.1, 0.15) is 45.1 Å². The molecule has 0 aliphatic heterocycles. The maximum atomic E-state index is 12.0. The van der Waals surface area contributed by atoms with Crippen LogP contribution in [0.2, 0.25) is 0 Å². The lowest BCUT2D eigenvalue weighted by Crippen LogP contribution is -3.00. The van der Waals surface area contributed by atoms with Gasteiger partial charge >= 0.3 is 6.16 Å². The zero-order valence-electron chi connectivity index (χ0n) is 20.3. The third kappa shape index (κ3) is 13.9. The van der Waals surface area contributed by atoms with Gasteiger partial charge in [0.25, 0.3) is 0 Å². The van der Waals surface area contributed by atoms with Crippen molar-refractivity contribution in [3.05, 3.63) is 35.9 Å². The van der Waals surface area contributed by atoms with Crippen molar-refractivity contribution in [1.82, 2.24) is 5.32 Å². The lowest BCUT2D eigenvalue weighted by Gasteiger charge is -2.23. The third-order valence-electron chi connectivity index (χ3n) is 4.44. The molecule has 0 aromatic heterocycles. The van der Waals surface area contributed by atoms with Crippen LogP contribution in [0.4, 0.5) is 4.79 Å². The van der Waals surface area contributed by atoms with Gasteiger partial charge in [-0.25, -0.2) is 4.79 Å². The van der Waals surface area contributed by atoms with E-state index in [1.807, 2.05) is 21.1 Å². The summed E-state index contributed by atoms with van der Waals surface area (Å²) < 4.78 is 16.4. The highest BCUT2D eigenvalue weighted by atomic mass is 35.5. The summed E-state index contributed by atoms with van der Waals surface area (Å²) in [7, 11) is 7.54. The third-order valence-corrected chi connectivity index (χ3v) is 4.44. The van der Waals surface area contributed by atoms with Gasteiger partial charge in [-0.2, -0.15) is 0 Å². The molecule has 32 heavy (non-hydrogen) atoms. The van der Waals surface area contributed by atoms with Gasteiger partial charge in [0.2, 0.25) is 5.91 Å². The van der Waals surface area contributed by atoms with Crippen molar-refractivity contribution in [1.29, 1.82) is 0 Å². The lowest BCUT2D eigenvalue weighted by molar-refractivity contribution is -0.870. The Morgan fingerprint density at radius 1 is 1.12 bits per heavy atom. The molecule has 0 aliphatic carbocycles. The van der Waals surface area contributed by atoms with E-state index >= 15 is 0 Å². The fourth-order valence-electron chi connectivity index (χ4n) is 2.63. The number of ether oxygens (including phenoxy) is 3. The highest BCUT2D eigenvalue weighted by Gasteiger charge is 2.14. The van der Waals surface area contributed by atoms with E-state index in [9.17, 15) is 9.59 Å². The molecule has 0 saturated heterocycles. The molecule has 1 amide bonds. The number of benzene rings is 1. The number of amides is 1. The van der Waals surface area contributed by atoms with Crippen molar-refractivity contribution in [3.8, 4) is 11.5 Å². The second kappa shape index (κ2) is 15.5. The summed E-state index contributed by atoms with van der Waals surface area (Å²) in [6.45, 7) is 5.63. The second-order valence-electron chi connectivity index (χ2n) is 8.89. The Morgan fingerprint density at radius 2 is 1.84 bits per heavy atom. The van der Waals surface area contributed by atoms with Crippen LogP contribution in [0.3, 0.4) is 0 Å². The molecule has 0 spiro atoms. The first-order valence-electron chi connectivity index (χ1n) is 10.9. The zero-order valence-corrected chi connectivity index (χ0v) is 21.0. The van der Waals surface area contributed by atoms with Crippen molar-refractivity contribution < 1.29 is 40.7 Å². The van der Waals surface area contributed by atoms with Crippen LogP contribution >= 0.6 is 0 Å². The minimum absolute atomic E-state index is 0. The van der Waals surface area contributed by atoms with E-state index in [0.29, 0.717) is 35.7 Å². The molecule has 0 radical (unpaired) electrons. The van der Waals surface area contributed by atoms with Crippen LogP contribution in [-0.4, -0.2) is 58.0 Å². The SMILES string of the molecule is COc1cc(CNC(=O)CCCC/C=C/C(C)C)ccc1OC(=O)OCC[N+](C)(C)C.[Cl-]. The van der Waals surface area contributed by atoms with Crippen LogP contribution in [0.15, 0.2) is 30.4 Å². The second-order valence-corrected chi connectivity index (χ2v) is 8.89. The van der Waals surface area contributed by atoms with Gasteiger partial charge < -0.3 is 36.4 Å². The highest BCUT2D eigenvalue weighted by molar-refractivity contribution is 5.75. The molecule has 7 nitrogen and oxygen atoms in total. The van der Waals surface area contributed by atoms with Crippen LogP contribution < -0.4 is 27.2 Å². The van der Waals surface area contributed by atoms with Crippen molar-refractivity contribution in [2.75, 3.05) is 41.4 Å². The predicted molar refractivity (Wildman–Crippen MR) is 122 cm³/mol. The van der Waals surface area contributed by atoms with Gasteiger partial charge in [0.1, 0.15) is 13.2 Å². The quantitative estimate of drug-likeness (QED) is 0.155. The highest BCUT2D eigenvalue weighted by Crippen LogP contribution is 2.28. The number of hydrogen-bond acceptors (Lipinski definition) is 5. The number of quaternary nitrogens is 1. The normalized spacial score (nSPS) is 11.2. The smallest absolute Gasteiger partial charge is 0.514 e. The monoisotopic (exact) mass is 470 g/mol. The Hall–Kier alpha value is -2.25. The summed E-state index contributed by atoms with van der Waals surface area (Å²) in [6, 6.07) is 5.17. The van der Waals surface area contributed by atoms with Crippen LogP contribution in [-0.2, 0) is 16.1 Å². The zero-order chi connectivity index (χ0) is 23.3. The number of hydrogen-bond donors (Lipinski definition) is 1. The van der Waals surface area contributed by atoms with Gasteiger partial charge in [0, 0.05) is 13.0 Å². The van der Waals surface area contributed by atoms with E-state index in [-0.39, 0.29) is 30.7 Å². The molecular formula is C24H39ClN2O5. The standard InChI is InChI=1S/C24H38N2O5.ClH/c1-19(2)11-9-7-8-10-12-23(27)25-18-20-13-14-21(22(17-20)29-6)31-24(28)30-16-15-26(3,4)5;/h9,11,13-14,17,19H,7-8,10,12,15-16,18H2,1-6H3;1H/b11-9+;. The molecule has 0 fully saturated rings. The van der Waals surface area contributed by atoms with Crippen molar-refractivity contribution in [3.63, 3.8) is 0 Å². The molecule has 182 valence electrons. The summed E-state index contributed by atoms with van der Waals surface area (Å²) >= 11 is 0. The lowest BCUT2D eigenvalue weighted by atomic mass is 10.1. The maximum Gasteiger partial charge on any atom is 0.514 e.